The number of hydrogen-bond donors (Lipinski definition) is 0. The Morgan fingerprint density at radius 1 is 1.50 bits per heavy atom. The SMILES string of the molecule is COCOc1[c-]cccc1.[Zn+][I]. The molecule has 1 aromatic carbocycles. The molecule has 1 aromatic rings. The first-order valence-electron chi connectivity index (χ1n) is 3.28. The number of halogens is 1. The quantitative estimate of drug-likeness (QED) is 0.367. The van der Waals surface area contributed by atoms with Gasteiger partial charge in [0, 0.05) is 12.9 Å². The molecule has 0 amide bonds. The van der Waals surface area contributed by atoms with Crippen molar-refractivity contribution in [2.75, 3.05) is 13.9 Å². The van der Waals surface area contributed by atoms with Gasteiger partial charge in [0.25, 0.3) is 0 Å². The third-order valence-corrected chi connectivity index (χ3v) is 1.01. The molecule has 12 heavy (non-hydrogen) atoms. The second-order valence-corrected chi connectivity index (χ2v) is 1.78. The Balaban J connectivity index is 0.000000561. The van der Waals surface area contributed by atoms with Gasteiger partial charge in [0.15, 0.2) is 6.79 Å². The fourth-order valence-corrected chi connectivity index (χ4v) is 0.589. The summed E-state index contributed by atoms with van der Waals surface area (Å²) in [5.41, 5.74) is 0. The number of benzene rings is 1. The van der Waals surface area contributed by atoms with Gasteiger partial charge in [-0.1, -0.05) is 0 Å². The summed E-state index contributed by atoms with van der Waals surface area (Å²) in [6.45, 7) is 0.278. The average Bonchev–Trinajstić information content (AvgIpc) is 2.19. The van der Waals surface area contributed by atoms with Gasteiger partial charge in [-0.05, 0) is 0 Å². The number of hydrogen-bond acceptors (Lipinski definition) is 2. The summed E-state index contributed by atoms with van der Waals surface area (Å²) in [4.78, 5) is 0. The van der Waals surface area contributed by atoms with Crippen molar-refractivity contribution in [3.8, 4) is 5.75 Å². The van der Waals surface area contributed by atoms with Crippen LogP contribution >= 0.6 is 19.8 Å². The van der Waals surface area contributed by atoms with E-state index in [0.717, 1.165) is 0 Å². The molecular formula is C8H9IO2Zn. The minimum atomic E-state index is 0.278. The van der Waals surface area contributed by atoms with Crippen LogP contribution in [0.2, 0.25) is 0 Å². The molecule has 0 heterocycles. The second kappa shape index (κ2) is 9.42. The van der Waals surface area contributed by atoms with E-state index < -0.39 is 0 Å². The summed E-state index contributed by atoms with van der Waals surface area (Å²) in [5.74, 6) is 0.712. The van der Waals surface area contributed by atoms with Gasteiger partial charge in [-0.3, -0.25) is 0 Å². The van der Waals surface area contributed by atoms with Crippen LogP contribution in [0.5, 0.6) is 5.75 Å². The first-order valence-corrected chi connectivity index (χ1v) is 12.3. The molecule has 0 aromatic heterocycles. The number of rotatable bonds is 3. The van der Waals surface area contributed by atoms with Crippen molar-refractivity contribution in [1.29, 1.82) is 0 Å². The fourth-order valence-electron chi connectivity index (χ4n) is 0.589. The van der Waals surface area contributed by atoms with Crippen LogP contribution in [0.1, 0.15) is 0 Å². The molecule has 0 saturated carbocycles. The zero-order valence-electron chi connectivity index (χ0n) is 6.92. The van der Waals surface area contributed by atoms with Crippen LogP contribution in [0.25, 0.3) is 0 Å². The summed E-state index contributed by atoms with van der Waals surface area (Å²) in [7, 11) is 1.59. The van der Waals surface area contributed by atoms with Gasteiger partial charge < -0.3 is 9.47 Å². The molecule has 0 aliphatic heterocycles. The molecule has 0 unspecified atom stereocenters. The maximum atomic E-state index is 5.08. The van der Waals surface area contributed by atoms with E-state index in [1.54, 1.807) is 13.2 Å². The Morgan fingerprint density at radius 2 is 2.25 bits per heavy atom. The average molecular weight is 329 g/mol. The van der Waals surface area contributed by atoms with E-state index in [1.807, 2.05) is 18.2 Å². The third kappa shape index (κ3) is 5.92. The zero-order valence-corrected chi connectivity index (χ0v) is 12.0. The van der Waals surface area contributed by atoms with Crippen molar-refractivity contribution in [2.45, 2.75) is 0 Å². The first-order chi connectivity index (χ1) is 5.93. The minimum absolute atomic E-state index is 0.278. The standard InChI is InChI=1S/C8H9O2.HI.Zn/c1-9-7-10-8-5-3-2-4-6-8;;/h2-5H,7H2,1H3;1H;/q-1;;+2/p-1. The van der Waals surface area contributed by atoms with Crippen LogP contribution in [0, 0.1) is 6.07 Å². The van der Waals surface area contributed by atoms with Gasteiger partial charge >= 0.3 is 34.5 Å². The number of methoxy groups -OCH3 is 1. The topological polar surface area (TPSA) is 18.5 Å². The molecule has 0 atom stereocenters. The summed E-state index contributed by atoms with van der Waals surface area (Å²) >= 11 is 3.62. The summed E-state index contributed by atoms with van der Waals surface area (Å²) in [5, 5.41) is 0. The molecule has 0 radical (unpaired) electrons. The molecule has 0 fully saturated rings. The Bertz CT molecular complexity index is 182. The van der Waals surface area contributed by atoms with E-state index in [4.69, 9.17) is 9.47 Å². The van der Waals surface area contributed by atoms with Gasteiger partial charge in [-0.15, -0.1) is 12.1 Å². The molecule has 0 bridgehead atoms. The number of ether oxygens (including phenoxy) is 2. The normalized spacial score (nSPS) is 8.33. The third-order valence-electron chi connectivity index (χ3n) is 1.01. The Kier molecular flexibility index (Phi) is 9.68. The van der Waals surface area contributed by atoms with Crippen LogP contribution in [-0.2, 0) is 19.5 Å². The van der Waals surface area contributed by atoms with E-state index in [0.29, 0.717) is 5.75 Å². The van der Waals surface area contributed by atoms with Crippen LogP contribution in [0.3, 0.4) is 0 Å². The van der Waals surface area contributed by atoms with Crippen LogP contribution in [-0.4, -0.2) is 13.9 Å². The van der Waals surface area contributed by atoms with Crippen molar-refractivity contribution in [3.05, 3.63) is 30.3 Å². The molecule has 2 nitrogen and oxygen atoms in total. The predicted octanol–water partition coefficient (Wildman–Crippen LogP) is 2.35. The molecule has 0 saturated heterocycles. The van der Waals surface area contributed by atoms with E-state index in [9.17, 15) is 0 Å². The van der Waals surface area contributed by atoms with Gasteiger partial charge in [0.05, 0.1) is 0 Å². The zero-order chi connectivity index (χ0) is 9.23. The van der Waals surface area contributed by atoms with E-state index in [2.05, 4.69) is 25.8 Å². The van der Waals surface area contributed by atoms with Gasteiger partial charge in [-0.25, -0.2) is 0 Å². The Labute approximate surface area is 93.5 Å². The fraction of sp³-hybridized carbons (Fsp3) is 0.250. The number of para-hydroxylation sites is 1. The molecule has 1 rings (SSSR count). The molecular weight excluding hydrogens is 320 g/mol. The molecule has 0 N–H and O–H groups in total. The molecule has 0 aliphatic carbocycles. The Morgan fingerprint density at radius 3 is 2.75 bits per heavy atom. The van der Waals surface area contributed by atoms with Gasteiger partial charge in [0.2, 0.25) is 0 Å². The molecule has 4 heteroatoms. The van der Waals surface area contributed by atoms with Crippen molar-refractivity contribution in [1.82, 2.24) is 0 Å². The van der Waals surface area contributed by atoms with E-state index in [1.165, 1.54) is 14.8 Å². The first kappa shape index (κ1) is 12.3. The predicted molar refractivity (Wildman–Crippen MR) is 51.8 cm³/mol. The Hall–Kier alpha value is 0.333. The van der Waals surface area contributed by atoms with Crippen molar-refractivity contribution in [2.24, 2.45) is 0 Å². The van der Waals surface area contributed by atoms with E-state index in [-0.39, 0.29) is 6.79 Å². The molecule has 62 valence electrons. The second-order valence-electron chi connectivity index (χ2n) is 1.78. The van der Waals surface area contributed by atoms with Crippen LogP contribution in [0.15, 0.2) is 24.3 Å². The monoisotopic (exact) mass is 328 g/mol. The summed E-state index contributed by atoms with van der Waals surface area (Å²) < 4.78 is 9.78. The van der Waals surface area contributed by atoms with Crippen molar-refractivity contribution < 1.29 is 24.3 Å². The maximum absolute atomic E-state index is 5.08. The summed E-state index contributed by atoms with van der Waals surface area (Å²) in [6, 6.07) is 10.3. The van der Waals surface area contributed by atoms with Crippen LogP contribution < -0.4 is 4.74 Å². The summed E-state index contributed by atoms with van der Waals surface area (Å²) in [6.07, 6.45) is 0. The van der Waals surface area contributed by atoms with Crippen LogP contribution in [0.4, 0.5) is 0 Å². The van der Waals surface area contributed by atoms with E-state index >= 15 is 0 Å². The van der Waals surface area contributed by atoms with Crippen molar-refractivity contribution >= 4 is 19.8 Å². The van der Waals surface area contributed by atoms with Gasteiger partial charge in [0.1, 0.15) is 0 Å². The van der Waals surface area contributed by atoms with Gasteiger partial charge in [-0.2, -0.15) is 18.2 Å². The van der Waals surface area contributed by atoms with Crippen molar-refractivity contribution in [3.63, 3.8) is 0 Å². The molecule has 0 spiro atoms. The molecule has 0 aliphatic rings.